The van der Waals surface area contributed by atoms with Gasteiger partial charge in [0.15, 0.2) is 0 Å². The van der Waals surface area contributed by atoms with Crippen molar-refractivity contribution in [2.75, 3.05) is 0 Å². The second-order valence-corrected chi connectivity index (χ2v) is 5.01. The van der Waals surface area contributed by atoms with Crippen molar-refractivity contribution >= 4 is 26.8 Å². The van der Waals surface area contributed by atoms with Crippen LogP contribution in [0.1, 0.15) is 5.56 Å². The van der Waals surface area contributed by atoms with Crippen molar-refractivity contribution < 1.29 is 0 Å². The van der Waals surface area contributed by atoms with Crippen LogP contribution >= 0.6 is 15.9 Å². The van der Waals surface area contributed by atoms with Gasteiger partial charge in [0.05, 0.1) is 11.2 Å². The number of nitrogens with zero attached hydrogens (tertiary/aromatic N) is 1. The van der Waals surface area contributed by atoms with Crippen molar-refractivity contribution in [3.8, 4) is 5.69 Å². The third-order valence-corrected chi connectivity index (χ3v) is 3.69. The van der Waals surface area contributed by atoms with Gasteiger partial charge in [-0.2, -0.15) is 0 Å². The van der Waals surface area contributed by atoms with E-state index in [1.165, 1.54) is 22.2 Å². The van der Waals surface area contributed by atoms with Gasteiger partial charge in [-0.25, -0.2) is 0 Å². The molecule has 17 heavy (non-hydrogen) atoms. The predicted octanol–water partition coefficient (Wildman–Crippen LogP) is 4.70. The molecule has 0 radical (unpaired) electrons. The van der Waals surface area contributed by atoms with Crippen molar-refractivity contribution in [1.29, 1.82) is 0 Å². The Kier molecular flexibility index (Phi) is 2.52. The molecule has 0 atom stereocenters. The molecule has 2 aromatic carbocycles. The number of hydrogen-bond acceptors (Lipinski definition) is 0. The minimum Gasteiger partial charge on any atom is -0.315 e. The largest absolute Gasteiger partial charge is 0.315 e. The molecule has 2 heteroatoms. The molecule has 3 rings (SSSR count). The summed E-state index contributed by atoms with van der Waals surface area (Å²) in [5.41, 5.74) is 3.73. The van der Waals surface area contributed by atoms with Gasteiger partial charge in [0.25, 0.3) is 0 Å². The topological polar surface area (TPSA) is 4.93 Å². The molecule has 0 fully saturated rings. The van der Waals surface area contributed by atoms with Gasteiger partial charge < -0.3 is 4.57 Å². The van der Waals surface area contributed by atoms with Crippen LogP contribution in [0.25, 0.3) is 16.6 Å². The van der Waals surface area contributed by atoms with Gasteiger partial charge in [-0.05, 0) is 46.6 Å². The Labute approximate surface area is 109 Å². The van der Waals surface area contributed by atoms with Crippen LogP contribution in [0.15, 0.2) is 59.2 Å². The van der Waals surface area contributed by atoms with Gasteiger partial charge in [0.1, 0.15) is 0 Å². The highest BCUT2D eigenvalue weighted by atomic mass is 79.9. The van der Waals surface area contributed by atoms with Crippen molar-refractivity contribution in [1.82, 2.24) is 4.57 Å². The average Bonchev–Trinajstić information content (AvgIpc) is 2.68. The second kappa shape index (κ2) is 4.04. The standard InChI is InChI=1S/C15H12BrN/c1-11-10-17(14-8-4-2-6-12(11)14)15-9-5-3-7-13(15)16/h2-10H,1H3. The molecule has 0 unspecified atom stereocenters. The lowest BCUT2D eigenvalue weighted by Crippen LogP contribution is -1.92. The van der Waals surface area contributed by atoms with Crippen LogP contribution in [-0.4, -0.2) is 4.57 Å². The summed E-state index contributed by atoms with van der Waals surface area (Å²) in [4.78, 5) is 0. The summed E-state index contributed by atoms with van der Waals surface area (Å²) < 4.78 is 3.34. The number of halogens is 1. The highest BCUT2D eigenvalue weighted by Gasteiger charge is 2.07. The number of aryl methyl sites for hydroxylation is 1. The molecule has 3 aromatic rings. The lowest BCUT2D eigenvalue weighted by molar-refractivity contribution is 1.11. The summed E-state index contributed by atoms with van der Waals surface area (Å²) in [5, 5.41) is 1.31. The molecule has 0 aliphatic heterocycles. The molecule has 0 amide bonds. The fraction of sp³-hybridized carbons (Fsp3) is 0.0667. The van der Waals surface area contributed by atoms with Crippen molar-refractivity contribution in [2.24, 2.45) is 0 Å². The normalized spacial score (nSPS) is 10.9. The third kappa shape index (κ3) is 1.69. The van der Waals surface area contributed by atoms with Crippen LogP contribution in [-0.2, 0) is 0 Å². The number of fused-ring (bicyclic) bond motifs is 1. The Balaban J connectivity index is 2.35. The van der Waals surface area contributed by atoms with E-state index in [1.54, 1.807) is 0 Å². The zero-order valence-corrected chi connectivity index (χ0v) is 11.1. The van der Waals surface area contributed by atoms with Crippen LogP contribution < -0.4 is 0 Å². The van der Waals surface area contributed by atoms with E-state index in [2.05, 4.69) is 76.1 Å². The number of aromatic nitrogens is 1. The maximum atomic E-state index is 3.61. The molecular formula is C15H12BrN. The molecule has 0 saturated carbocycles. The van der Waals surface area contributed by atoms with Crippen molar-refractivity contribution in [3.05, 3.63) is 64.8 Å². The first-order valence-corrected chi connectivity index (χ1v) is 6.38. The summed E-state index contributed by atoms with van der Waals surface area (Å²) in [6, 6.07) is 16.8. The monoisotopic (exact) mass is 285 g/mol. The minimum atomic E-state index is 1.11. The van der Waals surface area contributed by atoms with E-state index >= 15 is 0 Å². The highest BCUT2D eigenvalue weighted by Crippen LogP contribution is 2.28. The lowest BCUT2D eigenvalue weighted by atomic mass is 10.2. The number of benzene rings is 2. The Hall–Kier alpha value is -1.54. The predicted molar refractivity (Wildman–Crippen MR) is 75.7 cm³/mol. The first-order valence-electron chi connectivity index (χ1n) is 5.59. The van der Waals surface area contributed by atoms with Crippen molar-refractivity contribution in [2.45, 2.75) is 6.92 Å². The smallest absolute Gasteiger partial charge is 0.0597 e. The quantitative estimate of drug-likeness (QED) is 0.611. The Morgan fingerprint density at radius 1 is 0.941 bits per heavy atom. The highest BCUT2D eigenvalue weighted by molar-refractivity contribution is 9.10. The second-order valence-electron chi connectivity index (χ2n) is 4.15. The molecule has 0 bridgehead atoms. The van der Waals surface area contributed by atoms with E-state index in [9.17, 15) is 0 Å². The average molecular weight is 286 g/mol. The van der Waals surface area contributed by atoms with Gasteiger partial charge in [-0.1, -0.05) is 30.3 Å². The summed E-state index contributed by atoms with van der Waals surface area (Å²) in [6.07, 6.45) is 2.19. The van der Waals surface area contributed by atoms with Gasteiger partial charge in [-0.3, -0.25) is 0 Å². The molecule has 0 saturated heterocycles. The third-order valence-electron chi connectivity index (χ3n) is 3.02. The molecule has 0 aliphatic carbocycles. The van der Waals surface area contributed by atoms with Gasteiger partial charge in [-0.15, -0.1) is 0 Å². The minimum absolute atomic E-state index is 1.11. The van der Waals surface area contributed by atoms with E-state index in [1.807, 2.05) is 6.07 Å². The summed E-state index contributed by atoms with van der Waals surface area (Å²) in [6.45, 7) is 2.15. The van der Waals surface area contributed by atoms with E-state index in [0.29, 0.717) is 0 Å². The zero-order chi connectivity index (χ0) is 11.8. The maximum Gasteiger partial charge on any atom is 0.0597 e. The Bertz CT molecular complexity index is 682. The van der Waals surface area contributed by atoms with E-state index in [0.717, 1.165) is 4.47 Å². The molecule has 0 spiro atoms. The SMILES string of the molecule is Cc1cn(-c2ccccc2Br)c2ccccc12. The summed E-state index contributed by atoms with van der Waals surface area (Å²) in [7, 11) is 0. The molecule has 1 heterocycles. The number of rotatable bonds is 1. The van der Waals surface area contributed by atoms with Crippen LogP contribution in [0, 0.1) is 6.92 Å². The molecular weight excluding hydrogens is 274 g/mol. The number of para-hydroxylation sites is 2. The summed E-state index contributed by atoms with van der Waals surface area (Å²) >= 11 is 3.61. The first-order chi connectivity index (χ1) is 8.27. The van der Waals surface area contributed by atoms with E-state index in [4.69, 9.17) is 0 Å². The molecule has 84 valence electrons. The molecule has 0 aliphatic rings. The van der Waals surface area contributed by atoms with E-state index < -0.39 is 0 Å². The van der Waals surface area contributed by atoms with Crippen molar-refractivity contribution in [3.63, 3.8) is 0 Å². The molecule has 0 N–H and O–H groups in total. The Morgan fingerprint density at radius 3 is 2.47 bits per heavy atom. The lowest BCUT2D eigenvalue weighted by Gasteiger charge is -2.07. The Morgan fingerprint density at radius 2 is 1.65 bits per heavy atom. The van der Waals surface area contributed by atoms with Gasteiger partial charge in [0, 0.05) is 16.1 Å². The summed E-state index contributed by atoms with van der Waals surface area (Å²) in [5.74, 6) is 0. The van der Waals surface area contributed by atoms with Crippen LogP contribution in [0.3, 0.4) is 0 Å². The van der Waals surface area contributed by atoms with Gasteiger partial charge >= 0.3 is 0 Å². The van der Waals surface area contributed by atoms with E-state index in [-0.39, 0.29) is 0 Å². The zero-order valence-electron chi connectivity index (χ0n) is 9.52. The maximum absolute atomic E-state index is 3.61. The molecule has 1 aromatic heterocycles. The molecule has 1 nitrogen and oxygen atoms in total. The van der Waals surface area contributed by atoms with Crippen LogP contribution in [0.4, 0.5) is 0 Å². The van der Waals surface area contributed by atoms with Crippen LogP contribution in [0.2, 0.25) is 0 Å². The fourth-order valence-corrected chi connectivity index (χ4v) is 2.67. The van der Waals surface area contributed by atoms with Gasteiger partial charge in [0.2, 0.25) is 0 Å². The van der Waals surface area contributed by atoms with Crippen LogP contribution in [0.5, 0.6) is 0 Å². The fourth-order valence-electron chi connectivity index (χ4n) is 2.20. The first kappa shape index (κ1) is 10.6. The number of hydrogen-bond donors (Lipinski definition) is 0.